The van der Waals surface area contributed by atoms with Crippen LogP contribution in [0.3, 0.4) is 0 Å². The lowest BCUT2D eigenvalue weighted by Gasteiger charge is -2.08. The number of hydrogen-bond donors (Lipinski definition) is 2. The highest BCUT2D eigenvalue weighted by Gasteiger charge is 2.15. The normalized spacial score (nSPS) is 11.2. The largest absolute Gasteiger partial charge is 0.316 e. The highest BCUT2D eigenvalue weighted by atomic mass is 32.2. The molecule has 0 saturated heterocycles. The number of aromatic nitrogens is 2. The van der Waals surface area contributed by atoms with E-state index in [1.807, 2.05) is 29.0 Å². The van der Waals surface area contributed by atoms with E-state index in [4.69, 9.17) is 0 Å². The van der Waals surface area contributed by atoms with Crippen LogP contribution in [-0.4, -0.2) is 30.5 Å². The van der Waals surface area contributed by atoms with Gasteiger partial charge >= 0.3 is 0 Å². The molecule has 0 bridgehead atoms. The van der Waals surface area contributed by atoms with Crippen LogP contribution < -0.4 is 10.0 Å². The zero-order valence-electron chi connectivity index (χ0n) is 14.5. The molecule has 140 valence electrons. The van der Waals surface area contributed by atoms with Gasteiger partial charge in [-0.3, -0.25) is 4.79 Å². The van der Waals surface area contributed by atoms with Crippen LogP contribution in [0.2, 0.25) is 0 Å². The molecule has 0 unspecified atom stereocenters. The van der Waals surface area contributed by atoms with E-state index in [0.29, 0.717) is 22.1 Å². The number of pyridine rings is 1. The Balaban J connectivity index is 1.74. The van der Waals surface area contributed by atoms with Crippen LogP contribution in [0.15, 0.2) is 57.9 Å². The molecule has 1 amide bonds. The van der Waals surface area contributed by atoms with Gasteiger partial charge in [-0.2, -0.15) is 0 Å². The number of benzene rings is 1. The molecular weight excluding hydrogens is 404 g/mol. The Labute approximate surface area is 165 Å². The first-order chi connectivity index (χ1) is 12.8. The predicted molar refractivity (Wildman–Crippen MR) is 107 cm³/mol. The van der Waals surface area contributed by atoms with Gasteiger partial charge in [0.15, 0.2) is 5.13 Å². The first kappa shape index (κ1) is 19.3. The van der Waals surface area contributed by atoms with Gasteiger partial charge in [-0.1, -0.05) is 35.2 Å². The summed E-state index contributed by atoms with van der Waals surface area (Å²) < 4.78 is 25.5. The molecule has 0 aliphatic rings. The number of hydrogen-bond acceptors (Lipinski definition) is 8. The summed E-state index contributed by atoms with van der Waals surface area (Å²) in [5, 5.41) is 3.83. The maximum Gasteiger partial charge on any atom is 0.265 e. The number of anilines is 2. The second-order valence-corrected chi connectivity index (χ2v) is 9.76. The molecule has 2 aromatic heterocycles. The number of amides is 1. The molecule has 0 saturated carbocycles. The van der Waals surface area contributed by atoms with Crippen LogP contribution in [0.1, 0.15) is 15.9 Å². The maximum absolute atomic E-state index is 12.2. The van der Waals surface area contributed by atoms with Gasteiger partial charge < -0.3 is 5.32 Å². The third kappa shape index (κ3) is 5.52. The van der Waals surface area contributed by atoms with Crippen molar-refractivity contribution in [3.63, 3.8) is 0 Å². The fraction of sp³-hybridized carbons (Fsp3) is 0.118. The molecule has 0 radical (unpaired) electrons. The van der Waals surface area contributed by atoms with Crippen LogP contribution >= 0.6 is 23.1 Å². The molecule has 7 nitrogen and oxygen atoms in total. The number of nitrogens with zero attached hydrogens (tertiary/aromatic N) is 2. The van der Waals surface area contributed by atoms with Crippen molar-refractivity contribution in [1.82, 2.24) is 14.7 Å². The quantitative estimate of drug-likeness (QED) is 0.630. The van der Waals surface area contributed by atoms with Crippen LogP contribution in [0, 0.1) is 6.92 Å². The topological polar surface area (TPSA) is 101 Å². The van der Waals surface area contributed by atoms with Crippen molar-refractivity contribution in [2.75, 3.05) is 11.6 Å². The number of sulfonamides is 1. The summed E-state index contributed by atoms with van der Waals surface area (Å²) >= 11 is 2.90. The van der Waals surface area contributed by atoms with Gasteiger partial charge in [0, 0.05) is 16.7 Å². The van der Waals surface area contributed by atoms with E-state index in [0.717, 1.165) is 15.4 Å². The summed E-state index contributed by atoms with van der Waals surface area (Å²) in [5.41, 5.74) is 1.02. The van der Waals surface area contributed by atoms with Gasteiger partial charge in [0.05, 0.1) is 16.7 Å². The van der Waals surface area contributed by atoms with Crippen LogP contribution in [-0.2, 0) is 10.0 Å². The molecular formula is C17H16N4O3S3. The Bertz CT molecular complexity index is 1070. The summed E-state index contributed by atoms with van der Waals surface area (Å²) in [6, 6.07) is 10.9. The van der Waals surface area contributed by atoms with Crippen molar-refractivity contribution in [2.24, 2.45) is 0 Å². The molecule has 1 aromatic carbocycles. The Morgan fingerprint density at radius 1 is 1.19 bits per heavy atom. The molecule has 2 heterocycles. The standard InChI is InChI=1S/C17H16N4O3S3/c1-11-6-7-12(9-13(11)16(22)21-27(2,23)24)25-15-10-19-17(26-15)20-14-5-3-4-8-18-14/h3-10H,1-2H3,(H,21,22)(H,18,19,20). The van der Waals surface area contributed by atoms with E-state index >= 15 is 0 Å². The number of carbonyl (C=O) groups excluding carboxylic acids is 1. The van der Waals surface area contributed by atoms with E-state index in [1.165, 1.54) is 23.1 Å². The van der Waals surface area contributed by atoms with Crippen molar-refractivity contribution in [2.45, 2.75) is 16.0 Å². The molecule has 0 aliphatic heterocycles. The molecule has 2 N–H and O–H groups in total. The Hall–Kier alpha value is -2.43. The molecule has 3 rings (SSSR count). The third-order valence-corrected chi connectivity index (χ3v) is 5.89. The van der Waals surface area contributed by atoms with E-state index in [9.17, 15) is 13.2 Å². The van der Waals surface area contributed by atoms with Gasteiger partial charge in [0.1, 0.15) is 5.82 Å². The van der Waals surface area contributed by atoms with Gasteiger partial charge in [0.2, 0.25) is 10.0 Å². The smallest absolute Gasteiger partial charge is 0.265 e. The summed E-state index contributed by atoms with van der Waals surface area (Å²) in [6.07, 6.45) is 4.38. The number of rotatable bonds is 6. The number of carbonyl (C=O) groups is 1. The van der Waals surface area contributed by atoms with Gasteiger partial charge in [-0.25, -0.2) is 23.1 Å². The van der Waals surface area contributed by atoms with E-state index < -0.39 is 15.9 Å². The second-order valence-electron chi connectivity index (χ2n) is 5.61. The SMILES string of the molecule is Cc1ccc(Sc2cnc(Nc3ccccn3)s2)cc1C(=O)NS(C)(=O)=O. The van der Waals surface area contributed by atoms with E-state index in [1.54, 1.807) is 31.5 Å². The Morgan fingerprint density at radius 3 is 2.70 bits per heavy atom. The minimum absolute atomic E-state index is 0.321. The van der Waals surface area contributed by atoms with Crippen molar-refractivity contribution in [1.29, 1.82) is 0 Å². The first-order valence-corrected chi connectivity index (χ1v) is 11.3. The van der Waals surface area contributed by atoms with Gasteiger partial charge in [-0.15, -0.1) is 0 Å². The Kier molecular flexibility index (Phi) is 5.78. The van der Waals surface area contributed by atoms with Crippen LogP contribution in [0.5, 0.6) is 0 Å². The van der Waals surface area contributed by atoms with Crippen LogP contribution in [0.25, 0.3) is 0 Å². The molecule has 0 spiro atoms. The minimum Gasteiger partial charge on any atom is -0.316 e. The molecule has 0 aliphatic carbocycles. The predicted octanol–water partition coefficient (Wildman–Crippen LogP) is 3.43. The monoisotopic (exact) mass is 420 g/mol. The van der Waals surface area contributed by atoms with Gasteiger partial charge in [0.25, 0.3) is 5.91 Å². The summed E-state index contributed by atoms with van der Waals surface area (Å²) in [7, 11) is -3.61. The van der Waals surface area contributed by atoms with Crippen molar-refractivity contribution in [3.05, 3.63) is 59.9 Å². The van der Waals surface area contributed by atoms with Crippen molar-refractivity contribution >= 4 is 50.0 Å². The fourth-order valence-electron chi connectivity index (χ4n) is 2.16. The lowest BCUT2D eigenvalue weighted by atomic mass is 10.1. The first-order valence-electron chi connectivity index (χ1n) is 7.75. The second kappa shape index (κ2) is 8.07. The average molecular weight is 421 g/mol. The zero-order chi connectivity index (χ0) is 19.4. The lowest BCUT2D eigenvalue weighted by molar-refractivity contribution is 0.0981. The van der Waals surface area contributed by atoms with Crippen molar-refractivity contribution in [3.8, 4) is 0 Å². The maximum atomic E-state index is 12.2. The molecule has 10 heteroatoms. The molecule has 27 heavy (non-hydrogen) atoms. The lowest BCUT2D eigenvalue weighted by Crippen LogP contribution is -2.29. The minimum atomic E-state index is -3.61. The van der Waals surface area contributed by atoms with E-state index in [-0.39, 0.29) is 0 Å². The third-order valence-electron chi connectivity index (χ3n) is 3.33. The summed E-state index contributed by atoms with van der Waals surface area (Å²) in [6.45, 7) is 1.76. The fourth-order valence-corrected chi connectivity index (χ4v) is 4.51. The number of aryl methyl sites for hydroxylation is 1. The summed E-state index contributed by atoms with van der Waals surface area (Å²) in [4.78, 5) is 21.5. The summed E-state index contributed by atoms with van der Waals surface area (Å²) in [5.74, 6) is 0.0673. The zero-order valence-corrected chi connectivity index (χ0v) is 16.9. The highest BCUT2D eigenvalue weighted by molar-refractivity contribution is 8.01. The number of nitrogens with one attached hydrogen (secondary N) is 2. The van der Waals surface area contributed by atoms with Crippen LogP contribution in [0.4, 0.5) is 10.9 Å². The molecule has 3 aromatic rings. The average Bonchev–Trinajstić information content (AvgIpc) is 3.03. The van der Waals surface area contributed by atoms with E-state index in [2.05, 4.69) is 15.3 Å². The Morgan fingerprint density at radius 2 is 2.00 bits per heavy atom. The number of thiazole rings is 1. The highest BCUT2D eigenvalue weighted by Crippen LogP contribution is 2.35. The molecule has 0 atom stereocenters. The van der Waals surface area contributed by atoms with Crippen molar-refractivity contribution < 1.29 is 13.2 Å². The van der Waals surface area contributed by atoms with Gasteiger partial charge in [-0.05, 0) is 36.8 Å². The molecule has 0 fully saturated rings.